The quantitative estimate of drug-likeness (QED) is 0.789. The molecule has 4 heteroatoms. The SMILES string of the molecule is CCC(C(C)C)[C@H]1C[C@@H](NS(C)(=O)=O)C1. The van der Waals surface area contributed by atoms with E-state index in [9.17, 15) is 8.42 Å². The van der Waals surface area contributed by atoms with E-state index in [0.29, 0.717) is 11.8 Å². The van der Waals surface area contributed by atoms with Crippen LogP contribution in [0.4, 0.5) is 0 Å². The fourth-order valence-electron chi connectivity index (χ4n) is 2.76. The molecule has 0 aromatic heterocycles. The maximum atomic E-state index is 11.0. The van der Waals surface area contributed by atoms with Crippen molar-refractivity contribution in [2.24, 2.45) is 17.8 Å². The Morgan fingerprint density at radius 2 is 1.87 bits per heavy atom. The Balaban J connectivity index is 2.36. The molecule has 1 unspecified atom stereocenters. The van der Waals surface area contributed by atoms with Gasteiger partial charge in [0.15, 0.2) is 0 Å². The van der Waals surface area contributed by atoms with Gasteiger partial charge in [-0.1, -0.05) is 27.2 Å². The molecule has 1 aliphatic carbocycles. The summed E-state index contributed by atoms with van der Waals surface area (Å²) in [4.78, 5) is 0. The molecule has 0 amide bonds. The average Bonchev–Trinajstić information content (AvgIpc) is 1.97. The molecule has 0 bridgehead atoms. The number of hydrogen-bond acceptors (Lipinski definition) is 2. The zero-order chi connectivity index (χ0) is 11.6. The molecule has 1 atom stereocenters. The Bertz CT molecular complexity index is 292. The fourth-order valence-corrected chi connectivity index (χ4v) is 3.56. The van der Waals surface area contributed by atoms with Crippen LogP contribution in [0.3, 0.4) is 0 Å². The molecule has 0 saturated heterocycles. The third-order valence-electron chi connectivity index (χ3n) is 3.49. The number of sulfonamides is 1. The molecule has 1 fully saturated rings. The van der Waals surface area contributed by atoms with Crippen LogP contribution in [-0.4, -0.2) is 20.7 Å². The molecule has 0 heterocycles. The van der Waals surface area contributed by atoms with Gasteiger partial charge in [0.1, 0.15) is 0 Å². The van der Waals surface area contributed by atoms with Crippen LogP contribution in [0.1, 0.15) is 40.0 Å². The Hall–Kier alpha value is -0.0900. The summed E-state index contributed by atoms with van der Waals surface area (Å²) in [7, 11) is -3.01. The smallest absolute Gasteiger partial charge is 0.208 e. The summed E-state index contributed by atoms with van der Waals surface area (Å²) in [6.07, 6.45) is 4.47. The second kappa shape index (κ2) is 4.83. The fraction of sp³-hybridized carbons (Fsp3) is 1.00. The van der Waals surface area contributed by atoms with Gasteiger partial charge in [0.2, 0.25) is 10.0 Å². The summed E-state index contributed by atoms with van der Waals surface area (Å²) >= 11 is 0. The first-order valence-electron chi connectivity index (χ1n) is 5.80. The summed E-state index contributed by atoms with van der Waals surface area (Å²) in [6.45, 7) is 6.74. The molecule has 15 heavy (non-hydrogen) atoms. The van der Waals surface area contributed by atoms with E-state index in [-0.39, 0.29) is 6.04 Å². The van der Waals surface area contributed by atoms with Crippen LogP contribution in [0.15, 0.2) is 0 Å². The monoisotopic (exact) mass is 233 g/mol. The summed E-state index contributed by atoms with van der Waals surface area (Å²) in [6, 6.07) is 0.192. The van der Waals surface area contributed by atoms with Crippen molar-refractivity contribution < 1.29 is 8.42 Å². The average molecular weight is 233 g/mol. The Kier molecular flexibility index (Phi) is 4.18. The third kappa shape index (κ3) is 3.76. The van der Waals surface area contributed by atoms with Crippen LogP contribution in [0.25, 0.3) is 0 Å². The lowest BCUT2D eigenvalue weighted by atomic mass is 9.68. The Morgan fingerprint density at radius 1 is 1.33 bits per heavy atom. The molecule has 0 aromatic rings. The van der Waals surface area contributed by atoms with Crippen molar-refractivity contribution in [3.63, 3.8) is 0 Å². The van der Waals surface area contributed by atoms with E-state index >= 15 is 0 Å². The van der Waals surface area contributed by atoms with Crippen LogP contribution in [-0.2, 0) is 10.0 Å². The van der Waals surface area contributed by atoms with E-state index < -0.39 is 10.0 Å². The Morgan fingerprint density at radius 3 is 2.20 bits per heavy atom. The second-order valence-electron chi connectivity index (χ2n) is 5.13. The van der Waals surface area contributed by atoms with Gasteiger partial charge in [0.25, 0.3) is 0 Å². The predicted molar refractivity (Wildman–Crippen MR) is 63.1 cm³/mol. The summed E-state index contributed by atoms with van der Waals surface area (Å²) in [5, 5.41) is 0. The number of hydrogen-bond donors (Lipinski definition) is 1. The molecular weight excluding hydrogens is 210 g/mol. The number of rotatable bonds is 5. The first-order valence-corrected chi connectivity index (χ1v) is 7.70. The van der Waals surface area contributed by atoms with Crippen molar-refractivity contribution >= 4 is 10.0 Å². The minimum Gasteiger partial charge on any atom is -0.213 e. The molecule has 1 aliphatic rings. The van der Waals surface area contributed by atoms with Gasteiger partial charge in [-0.3, -0.25) is 0 Å². The van der Waals surface area contributed by atoms with Crippen LogP contribution in [0, 0.1) is 17.8 Å². The molecule has 1 rings (SSSR count). The van der Waals surface area contributed by atoms with Gasteiger partial charge in [-0.25, -0.2) is 13.1 Å². The highest BCUT2D eigenvalue weighted by Crippen LogP contribution is 2.39. The summed E-state index contributed by atoms with van der Waals surface area (Å²) in [5.74, 6) is 2.18. The lowest BCUT2D eigenvalue weighted by Gasteiger charge is -2.41. The van der Waals surface area contributed by atoms with E-state index in [4.69, 9.17) is 0 Å². The van der Waals surface area contributed by atoms with Crippen molar-refractivity contribution in [1.82, 2.24) is 4.72 Å². The molecule has 0 aliphatic heterocycles. The molecular formula is C11H23NO2S. The standard InChI is InChI=1S/C11H23NO2S/c1-5-11(8(2)3)9-6-10(7-9)12-15(4,13)14/h8-12H,5-7H2,1-4H3/t9-,10+,11?. The topological polar surface area (TPSA) is 46.2 Å². The van der Waals surface area contributed by atoms with Crippen molar-refractivity contribution in [3.05, 3.63) is 0 Å². The van der Waals surface area contributed by atoms with E-state index in [0.717, 1.165) is 18.8 Å². The maximum Gasteiger partial charge on any atom is 0.208 e. The van der Waals surface area contributed by atoms with Gasteiger partial charge in [-0.2, -0.15) is 0 Å². The van der Waals surface area contributed by atoms with Crippen molar-refractivity contribution in [2.45, 2.75) is 46.1 Å². The molecule has 3 nitrogen and oxygen atoms in total. The molecule has 1 saturated carbocycles. The highest BCUT2D eigenvalue weighted by atomic mass is 32.2. The second-order valence-corrected chi connectivity index (χ2v) is 6.91. The van der Waals surface area contributed by atoms with Crippen molar-refractivity contribution in [1.29, 1.82) is 0 Å². The Labute approximate surface area is 93.7 Å². The van der Waals surface area contributed by atoms with Gasteiger partial charge >= 0.3 is 0 Å². The van der Waals surface area contributed by atoms with Crippen molar-refractivity contribution in [3.8, 4) is 0 Å². The maximum absolute atomic E-state index is 11.0. The zero-order valence-corrected chi connectivity index (χ0v) is 11.0. The van der Waals surface area contributed by atoms with Crippen LogP contribution < -0.4 is 4.72 Å². The first kappa shape index (κ1) is 13.0. The van der Waals surface area contributed by atoms with E-state index in [2.05, 4.69) is 25.5 Å². The third-order valence-corrected chi connectivity index (χ3v) is 4.25. The first-order chi connectivity index (χ1) is 6.83. The molecule has 1 N–H and O–H groups in total. The van der Waals surface area contributed by atoms with Gasteiger partial charge in [0.05, 0.1) is 6.26 Å². The van der Waals surface area contributed by atoms with Gasteiger partial charge in [-0.05, 0) is 30.6 Å². The molecule has 0 radical (unpaired) electrons. The summed E-state index contributed by atoms with van der Waals surface area (Å²) in [5.41, 5.74) is 0. The van der Waals surface area contributed by atoms with Crippen LogP contribution >= 0.6 is 0 Å². The molecule has 0 spiro atoms. The summed E-state index contributed by atoms with van der Waals surface area (Å²) < 4.78 is 24.7. The van der Waals surface area contributed by atoms with Gasteiger partial charge in [0, 0.05) is 6.04 Å². The minimum atomic E-state index is -3.01. The molecule has 90 valence electrons. The van der Waals surface area contributed by atoms with Gasteiger partial charge in [-0.15, -0.1) is 0 Å². The zero-order valence-electron chi connectivity index (χ0n) is 10.2. The van der Waals surface area contributed by atoms with Crippen LogP contribution in [0.5, 0.6) is 0 Å². The van der Waals surface area contributed by atoms with E-state index in [1.807, 2.05) is 0 Å². The van der Waals surface area contributed by atoms with Gasteiger partial charge < -0.3 is 0 Å². The number of nitrogens with one attached hydrogen (secondary N) is 1. The van der Waals surface area contributed by atoms with Crippen LogP contribution in [0.2, 0.25) is 0 Å². The van der Waals surface area contributed by atoms with E-state index in [1.165, 1.54) is 12.7 Å². The normalized spacial score (nSPS) is 28.9. The molecule has 0 aromatic carbocycles. The highest BCUT2D eigenvalue weighted by molar-refractivity contribution is 7.88. The minimum absolute atomic E-state index is 0.192. The van der Waals surface area contributed by atoms with E-state index in [1.54, 1.807) is 0 Å². The predicted octanol–water partition coefficient (Wildman–Crippen LogP) is 2.00. The lowest BCUT2D eigenvalue weighted by molar-refractivity contribution is 0.125. The van der Waals surface area contributed by atoms with Crippen molar-refractivity contribution in [2.75, 3.05) is 6.26 Å². The highest BCUT2D eigenvalue weighted by Gasteiger charge is 2.36. The lowest BCUT2D eigenvalue weighted by Crippen LogP contribution is -2.46. The largest absolute Gasteiger partial charge is 0.213 e.